The molecule has 0 radical (unpaired) electrons. The fourth-order valence-corrected chi connectivity index (χ4v) is 1.81. The van der Waals surface area contributed by atoms with Crippen LogP contribution in [-0.2, 0) is 4.74 Å². The molecule has 0 N–H and O–H groups in total. The smallest absolute Gasteiger partial charge is 0.0809 e. The Balaban J connectivity index is 0.000000153. The summed E-state index contributed by atoms with van der Waals surface area (Å²) in [4.78, 5) is 4.24. The van der Waals surface area contributed by atoms with Gasteiger partial charge in [-0.3, -0.25) is 4.98 Å². The van der Waals surface area contributed by atoms with Gasteiger partial charge in [0.05, 0.1) is 18.2 Å². The molecule has 1 fully saturated rings. The van der Waals surface area contributed by atoms with E-state index in [0.29, 0.717) is 6.10 Å². The van der Waals surface area contributed by atoms with Crippen molar-refractivity contribution < 1.29 is 4.74 Å². The van der Waals surface area contributed by atoms with Crippen LogP contribution in [0.2, 0.25) is 0 Å². The number of rotatable bonds is 2. The van der Waals surface area contributed by atoms with Gasteiger partial charge in [0.1, 0.15) is 0 Å². The topological polar surface area (TPSA) is 25.4 Å². The van der Waals surface area contributed by atoms with Crippen LogP contribution in [0.1, 0.15) is 25.3 Å². The van der Waals surface area contributed by atoms with Gasteiger partial charge in [0.15, 0.2) is 0 Å². The lowest BCUT2D eigenvalue weighted by atomic mass is 10.1. The average Bonchev–Trinajstić information content (AvgIpc) is 3.15. The van der Waals surface area contributed by atoms with Crippen molar-refractivity contribution in [3.63, 3.8) is 0 Å². The molecular formula is C15H19NO. The number of epoxide rings is 1. The fourth-order valence-electron chi connectivity index (χ4n) is 1.81. The van der Waals surface area contributed by atoms with Gasteiger partial charge in [-0.15, -0.1) is 0 Å². The Kier molecular flexibility index (Phi) is 4.10. The van der Waals surface area contributed by atoms with Crippen LogP contribution < -0.4 is 0 Å². The number of fused-ring (bicyclic) bond motifs is 1. The third kappa shape index (κ3) is 3.53. The van der Waals surface area contributed by atoms with Crippen LogP contribution >= 0.6 is 0 Å². The second-order valence-corrected chi connectivity index (χ2v) is 4.39. The summed E-state index contributed by atoms with van der Waals surface area (Å²) in [6, 6.07) is 10.2. The molecule has 2 heterocycles. The molecule has 0 bridgehead atoms. The molecular weight excluding hydrogens is 210 g/mol. The van der Waals surface area contributed by atoms with Crippen LogP contribution in [0.4, 0.5) is 0 Å². The number of nitrogens with zero attached hydrogens (tertiary/aromatic N) is 1. The van der Waals surface area contributed by atoms with Gasteiger partial charge in [0, 0.05) is 11.6 Å². The minimum absolute atomic E-state index is 0.648. The molecule has 1 aliphatic heterocycles. The first-order valence-corrected chi connectivity index (χ1v) is 6.23. The molecule has 2 nitrogen and oxygen atoms in total. The predicted molar refractivity (Wildman–Crippen MR) is 71.1 cm³/mol. The normalized spacial score (nSPS) is 17.4. The molecule has 17 heavy (non-hydrogen) atoms. The van der Waals surface area contributed by atoms with E-state index < -0.39 is 0 Å². The minimum atomic E-state index is 0.648. The maximum absolute atomic E-state index is 4.95. The highest BCUT2D eigenvalue weighted by Crippen LogP contribution is 2.14. The third-order valence-corrected chi connectivity index (χ3v) is 2.88. The van der Waals surface area contributed by atoms with Crippen LogP contribution in [0.3, 0.4) is 0 Å². The Labute approximate surface area is 103 Å². The van der Waals surface area contributed by atoms with E-state index in [4.69, 9.17) is 4.74 Å². The number of hydrogen-bond acceptors (Lipinski definition) is 2. The Morgan fingerprint density at radius 3 is 2.71 bits per heavy atom. The van der Waals surface area contributed by atoms with Crippen molar-refractivity contribution in [2.75, 3.05) is 6.61 Å². The largest absolute Gasteiger partial charge is 0.373 e. The van der Waals surface area contributed by atoms with Gasteiger partial charge in [-0.2, -0.15) is 0 Å². The van der Waals surface area contributed by atoms with Gasteiger partial charge in [-0.1, -0.05) is 31.5 Å². The number of benzene rings is 1. The van der Waals surface area contributed by atoms with Crippen molar-refractivity contribution in [1.29, 1.82) is 0 Å². The highest BCUT2D eigenvalue weighted by Gasteiger charge is 2.19. The van der Waals surface area contributed by atoms with Gasteiger partial charge < -0.3 is 4.74 Å². The summed E-state index contributed by atoms with van der Waals surface area (Å²) in [5.74, 6) is 0. The molecule has 3 rings (SSSR count). The first-order valence-electron chi connectivity index (χ1n) is 6.23. The third-order valence-electron chi connectivity index (χ3n) is 2.88. The Morgan fingerprint density at radius 1 is 1.29 bits per heavy atom. The van der Waals surface area contributed by atoms with E-state index in [9.17, 15) is 0 Å². The van der Waals surface area contributed by atoms with Crippen LogP contribution in [0.5, 0.6) is 0 Å². The fraction of sp³-hybridized carbons (Fsp3) is 0.400. The van der Waals surface area contributed by atoms with E-state index in [1.54, 1.807) is 0 Å². The first-order chi connectivity index (χ1) is 8.31. The molecule has 0 unspecified atom stereocenters. The summed E-state index contributed by atoms with van der Waals surface area (Å²) in [5, 5.41) is 1.25. The van der Waals surface area contributed by atoms with Gasteiger partial charge in [-0.05, 0) is 31.0 Å². The van der Waals surface area contributed by atoms with E-state index in [0.717, 1.165) is 12.1 Å². The lowest BCUT2D eigenvalue weighted by Crippen LogP contribution is -1.79. The molecule has 0 amide bonds. The van der Waals surface area contributed by atoms with E-state index in [-0.39, 0.29) is 0 Å². The van der Waals surface area contributed by atoms with Gasteiger partial charge >= 0.3 is 0 Å². The highest BCUT2D eigenvalue weighted by molar-refractivity contribution is 5.81. The molecule has 0 saturated carbocycles. The summed E-state index contributed by atoms with van der Waals surface area (Å²) in [6.07, 6.45) is 5.00. The van der Waals surface area contributed by atoms with Crippen molar-refractivity contribution in [1.82, 2.24) is 4.98 Å². The summed E-state index contributed by atoms with van der Waals surface area (Å²) < 4.78 is 4.95. The molecule has 0 spiro atoms. The standard InChI is InChI=1S/C10H9N.C5H10O/c1-8-4-2-6-10-9(8)5-3-7-11-10;1-2-3-5-4-6-5/h2-7H,1H3;5H,2-4H2,1H3/t;5-/m.0/s1. The summed E-state index contributed by atoms with van der Waals surface area (Å²) >= 11 is 0. The maximum Gasteiger partial charge on any atom is 0.0809 e. The van der Waals surface area contributed by atoms with Crippen LogP contribution in [0, 0.1) is 6.92 Å². The van der Waals surface area contributed by atoms with Crippen LogP contribution in [-0.4, -0.2) is 17.7 Å². The quantitative estimate of drug-likeness (QED) is 0.733. The van der Waals surface area contributed by atoms with Gasteiger partial charge in [0.2, 0.25) is 0 Å². The molecule has 0 aliphatic carbocycles. The van der Waals surface area contributed by atoms with E-state index in [1.807, 2.05) is 24.4 Å². The van der Waals surface area contributed by atoms with E-state index in [1.165, 1.54) is 23.8 Å². The number of ether oxygens (including phenoxy) is 1. The zero-order valence-corrected chi connectivity index (χ0v) is 10.5. The Bertz CT molecular complexity index is 472. The van der Waals surface area contributed by atoms with Crippen molar-refractivity contribution in [3.8, 4) is 0 Å². The first kappa shape index (κ1) is 12.1. The van der Waals surface area contributed by atoms with Crippen LogP contribution in [0.25, 0.3) is 10.9 Å². The van der Waals surface area contributed by atoms with Crippen molar-refractivity contribution in [2.45, 2.75) is 32.8 Å². The molecule has 1 aromatic carbocycles. The van der Waals surface area contributed by atoms with E-state index in [2.05, 4.69) is 31.0 Å². The number of aromatic nitrogens is 1. The molecule has 1 atom stereocenters. The number of aryl methyl sites for hydroxylation is 1. The summed E-state index contributed by atoms with van der Waals surface area (Å²) in [6.45, 7) is 5.31. The average molecular weight is 229 g/mol. The number of hydrogen-bond donors (Lipinski definition) is 0. The lowest BCUT2D eigenvalue weighted by molar-refractivity contribution is 0.395. The minimum Gasteiger partial charge on any atom is -0.373 e. The van der Waals surface area contributed by atoms with Crippen molar-refractivity contribution in [2.24, 2.45) is 0 Å². The lowest BCUT2D eigenvalue weighted by Gasteiger charge is -1.97. The zero-order chi connectivity index (χ0) is 12.1. The second kappa shape index (κ2) is 5.78. The van der Waals surface area contributed by atoms with E-state index >= 15 is 0 Å². The van der Waals surface area contributed by atoms with Gasteiger partial charge in [0.25, 0.3) is 0 Å². The molecule has 2 aromatic rings. The SMILES string of the molecule is CCC[C@H]1CO1.Cc1cccc2ncccc12. The molecule has 1 aromatic heterocycles. The molecule has 90 valence electrons. The zero-order valence-electron chi connectivity index (χ0n) is 10.5. The van der Waals surface area contributed by atoms with Crippen molar-refractivity contribution in [3.05, 3.63) is 42.1 Å². The summed E-state index contributed by atoms with van der Waals surface area (Å²) in [7, 11) is 0. The summed E-state index contributed by atoms with van der Waals surface area (Å²) in [5.41, 5.74) is 2.36. The Morgan fingerprint density at radius 2 is 2.12 bits per heavy atom. The molecule has 1 aliphatic rings. The predicted octanol–water partition coefficient (Wildman–Crippen LogP) is 3.73. The molecule has 1 saturated heterocycles. The maximum atomic E-state index is 4.95. The monoisotopic (exact) mass is 229 g/mol. The van der Waals surface area contributed by atoms with Crippen LogP contribution in [0.15, 0.2) is 36.5 Å². The highest BCUT2D eigenvalue weighted by atomic mass is 16.6. The number of pyridine rings is 1. The molecule has 2 heteroatoms. The second-order valence-electron chi connectivity index (χ2n) is 4.39. The Hall–Kier alpha value is -1.41. The van der Waals surface area contributed by atoms with Crippen molar-refractivity contribution >= 4 is 10.9 Å². The van der Waals surface area contributed by atoms with Gasteiger partial charge in [-0.25, -0.2) is 0 Å².